The predicted molar refractivity (Wildman–Crippen MR) is 86.0 cm³/mol. The summed E-state index contributed by atoms with van der Waals surface area (Å²) in [4.78, 5) is 27.0. The van der Waals surface area contributed by atoms with Gasteiger partial charge in [-0.05, 0) is 42.9 Å². The second kappa shape index (κ2) is 6.53. The third-order valence-electron chi connectivity index (χ3n) is 4.05. The first-order valence-corrected chi connectivity index (χ1v) is 7.67. The molecule has 2 aromatic carbocycles. The fourth-order valence-electron chi connectivity index (χ4n) is 2.82. The first kappa shape index (κ1) is 18.1. The van der Waals surface area contributed by atoms with E-state index < -0.39 is 29.2 Å². The largest absolute Gasteiger partial charge is 0.416 e. The van der Waals surface area contributed by atoms with Gasteiger partial charge in [-0.2, -0.15) is 13.2 Å². The molecule has 0 atom stereocenters. The van der Waals surface area contributed by atoms with E-state index in [0.717, 1.165) is 24.3 Å². The van der Waals surface area contributed by atoms with Crippen LogP contribution in [0.5, 0.6) is 0 Å². The van der Waals surface area contributed by atoms with Crippen LogP contribution in [-0.4, -0.2) is 30.3 Å². The van der Waals surface area contributed by atoms with E-state index in [4.69, 9.17) is 0 Å². The predicted octanol–water partition coefficient (Wildman–Crippen LogP) is 3.46. The molecule has 1 heterocycles. The molecule has 0 saturated carbocycles. The van der Waals surface area contributed by atoms with Gasteiger partial charge in [-0.1, -0.05) is 12.1 Å². The van der Waals surface area contributed by atoms with Gasteiger partial charge in [0, 0.05) is 6.54 Å². The molecule has 0 spiro atoms. The highest BCUT2D eigenvalue weighted by molar-refractivity contribution is 6.52. The number of benzene rings is 2. The van der Waals surface area contributed by atoms with Crippen molar-refractivity contribution in [2.75, 3.05) is 18.6 Å². The van der Waals surface area contributed by atoms with Crippen molar-refractivity contribution in [3.05, 3.63) is 65.0 Å². The van der Waals surface area contributed by atoms with Crippen molar-refractivity contribution in [2.45, 2.75) is 12.7 Å². The fourth-order valence-corrected chi connectivity index (χ4v) is 2.82. The monoisotopic (exact) mass is 366 g/mol. The fraction of sp³-hybridized carbons (Fsp3) is 0.222. The van der Waals surface area contributed by atoms with Gasteiger partial charge in [-0.3, -0.25) is 19.4 Å². The number of nitrogens with zero attached hydrogens (tertiary/aromatic N) is 2. The average molecular weight is 366 g/mol. The molecule has 3 rings (SSSR count). The molecule has 4 nitrogen and oxygen atoms in total. The first-order valence-electron chi connectivity index (χ1n) is 7.67. The van der Waals surface area contributed by atoms with E-state index >= 15 is 0 Å². The minimum absolute atomic E-state index is 0.0120. The highest BCUT2D eigenvalue weighted by Gasteiger charge is 2.36. The standard InChI is InChI=1S/C18H14F4N2O2/c1-23(9-11-2-4-12(5-3-11)18(20,21)22)10-24-15-7-6-13(19)8-14(15)16(25)17(24)26/h2-8H,9-10H2,1H3. The van der Waals surface area contributed by atoms with Gasteiger partial charge in [0.05, 0.1) is 23.5 Å². The van der Waals surface area contributed by atoms with Crippen LogP contribution in [0.3, 0.4) is 0 Å². The number of carbonyl (C=O) groups excluding carboxylic acids is 2. The third kappa shape index (κ3) is 3.45. The molecule has 0 unspecified atom stereocenters. The molecule has 0 bridgehead atoms. The van der Waals surface area contributed by atoms with E-state index in [1.54, 1.807) is 11.9 Å². The van der Waals surface area contributed by atoms with Crippen LogP contribution in [0.25, 0.3) is 0 Å². The van der Waals surface area contributed by atoms with Crippen LogP contribution in [0.4, 0.5) is 23.2 Å². The maximum absolute atomic E-state index is 13.3. The number of rotatable bonds is 4. The van der Waals surface area contributed by atoms with Gasteiger partial charge in [0.2, 0.25) is 0 Å². The minimum Gasteiger partial charge on any atom is -0.291 e. The van der Waals surface area contributed by atoms with Crippen LogP contribution in [0.1, 0.15) is 21.5 Å². The van der Waals surface area contributed by atoms with Gasteiger partial charge in [-0.15, -0.1) is 0 Å². The Kier molecular flexibility index (Phi) is 4.53. The highest BCUT2D eigenvalue weighted by atomic mass is 19.4. The highest BCUT2D eigenvalue weighted by Crippen LogP contribution is 2.30. The summed E-state index contributed by atoms with van der Waals surface area (Å²) in [6, 6.07) is 8.25. The Bertz CT molecular complexity index is 862. The Morgan fingerprint density at radius 3 is 2.31 bits per heavy atom. The van der Waals surface area contributed by atoms with Crippen LogP contribution in [0, 0.1) is 5.82 Å². The Morgan fingerprint density at radius 1 is 1.04 bits per heavy atom. The summed E-state index contributed by atoms with van der Waals surface area (Å²) in [6.45, 7) is 0.316. The van der Waals surface area contributed by atoms with Gasteiger partial charge < -0.3 is 0 Å². The second-order valence-corrected chi connectivity index (χ2v) is 6.07. The van der Waals surface area contributed by atoms with E-state index in [0.29, 0.717) is 11.3 Å². The Morgan fingerprint density at radius 2 is 1.69 bits per heavy atom. The summed E-state index contributed by atoms with van der Waals surface area (Å²) in [5.74, 6) is -2.14. The smallest absolute Gasteiger partial charge is 0.291 e. The van der Waals surface area contributed by atoms with Gasteiger partial charge in [0.1, 0.15) is 5.82 Å². The van der Waals surface area contributed by atoms with Crippen molar-refractivity contribution in [2.24, 2.45) is 0 Å². The van der Waals surface area contributed by atoms with Gasteiger partial charge in [-0.25, -0.2) is 4.39 Å². The molecule has 8 heteroatoms. The topological polar surface area (TPSA) is 40.6 Å². The van der Waals surface area contributed by atoms with E-state index in [1.807, 2.05) is 0 Å². The Hall–Kier alpha value is -2.74. The number of anilines is 1. The Labute approximate surface area is 146 Å². The molecule has 0 aromatic heterocycles. The van der Waals surface area contributed by atoms with Gasteiger partial charge in [0.25, 0.3) is 5.78 Å². The minimum atomic E-state index is -4.40. The number of fused-ring (bicyclic) bond motifs is 1. The molecule has 0 radical (unpaired) electrons. The number of ketones is 1. The van der Waals surface area contributed by atoms with Crippen LogP contribution in [0.15, 0.2) is 42.5 Å². The quantitative estimate of drug-likeness (QED) is 0.615. The van der Waals surface area contributed by atoms with E-state index in [2.05, 4.69) is 0 Å². The summed E-state index contributed by atoms with van der Waals surface area (Å²) in [5.41, 5.74) is 0.219. The molecule has 0 aliphatic carbocycles. The molecule has 26 heavy (non-hydrogen) atoms. The van der Waals surface area contributed by atoms with Crippen LogP contribution >= 0.6 is 0 Å². The van der Waals surface area contributed by atoms with Crippen molar-refractivity contribution < 1.29 is 27.2 Å². The number of Topliss-reactive ketones (excluding diaryl/α,β-unsaturated/α-hetero) is 1. The maximum atomic E-state index is 13.3. The van der Waals surface area contributed by atoms with Crippen molar-refractivity contribution in [1.82, 2.24) is 4.90 Å². The normalized spacial score (nSPS) is 14.3. The van der Waals surface area contributed by atoms with Crippen LogP contribution in [0.2, 0.25) is 0 Å². The molecule has 1 aliphatic rings. The number of amides is 1. The first-order chi connectivity index (χ1) is 12.2. The number of carbonyl (C=O) groups is 2. The van der Waals surface area contributed by atoms with Crippen LogP contribution < -0.4 is 4.90 Å². The van der Waals surface area contributed by atoms with Crippen molar-refractivity contribution in [1.29, 1.82) is 0 Å². The lowest BCUT2D eigenvalue weighted by Gasteiger charge is -2.24. The average Bonchev–Trinajstić information content (AvgIpc) is 2.79. The van der Waals surface area contributed by atoms with E-state index in [9.17, 15) is 27.2 Å². The number of hydrogen-bond donors (Lipinski definition) is 0. The molecule has 1 amide bonds. The second-order valence-electron chi connectivity index (χ2n) is 6.07. The molecule has 0 fully saturated rings. The number of halogens is 4. The molecular formula is C18H14F4N2O2. The lowest BCUT2D eigenvalue weighted by atomic mass is 10.1. The number of alkyl halides is 3. The molecule has 1 aliphatic heterocycles. The van der Waals surface area contributed by atoms with E-state index in [-0.39, 0.29) is 18.8 Å². The van der Waals surface area contributed by atoms with Crippen LogP contribution in [-0.2, 0) is 17.5 Å². The zero-order valence-corrected chi connectivity index (χ0v) is 13.7. The van der Waals surface area contributed by atoms with Crippen molar-refractivity contribution in [3.8, 4) is 0 Å². The molecule has 0 saturated heterocycles. The number of hydrogen-bond acceptors (Lipinski definition) is 3. The van der Waals surface area contributed by atoms with Crippen molar-refractivity contribution >= 4 is 17.4 Å². The van der Waals surface area contributed by atoms with Gasteiger partial charge >= 0.3 is 12.1 Å². The summed E-state index contributed by atoms with van der Waals surface area (Å²) in [6.07, 6.45) is -4.40. The summed E-state index contributed by atoms with van der Waals surface area (Å²) in [7, 11) is 1.66. The molecular weight excluding hydrogens is 352 g/mol. The van der Waals surface area contributed by atoms with Gasteiger partial charge in [0.15, 0.2) is 0 Å². The molecule has 136 valence electrons. The molecule has 2 aromatic rings. The summed E-state index contributed by atoms with van der Waals surface area (Å²) in [5, 5.41) is 0. The zero-order valence-electron chi connectivity index (χ0n) is 13.7. The lowest BCUT2D eigenvalue weighted by Crippen LogP contribution is -2.38. The summed E-state index contributed by atoms with van der Waals surface area (Å²) < 4.78 is 51.0. The summed E-state index contributed by atoms with van der Waals surface area (Å²) >= 11 is 0. The maximum Gasteiger partial charge on any atom is 0.416 e. The third-order valence-corrected chi connectivity index (χ3v) is 4.05. The molecule has 0 N–H and O–H groups in total. The lowest BCUT2D eigenvalue weighted by molar-refractivity contribution is -0.137. The van der Waals surface area contributed by atoms with Crippen molar-refractivity contribution in [3.63, 3.8) is 0 Å². The SMILES string of the molecule is CN(Cc1ccc(C(F)(F)F)cc1)CN1C(=O)C(=O)c2cc(F)ccc21. The Balaban J connectivity index is 1.72. The zero-order chi connectivity index (χ0) is 19.1. The van der Waals surface area contributed by atoms with E-state index in [1.165, 1.54) is 23.1 Å².